The Kier molecular flexibility index (Phi) is 19.3. The van der Waals surface area contributed by atoms with Crippen molar-refractivity contribution in [3.63, 3.8) is 0 Å². The molecule has 3 aliphatic rings. The lowest BCUT2D eigenvalue weighted by Crippen LogP contribution is -2.36. The number of hydrogen-bond donors (Lipinski definition) is 8. The van der Waals surface area contributed by atoms with Gasteiger partial charge in [-0.3, -0.25) is 13.7 Å². The number of hydrogen-bond acceptors (Lipinski definition) is 28. The van der Waals surface area contributed by atoms with Gasteiger partial charge in [0.15, 0.2) is 53.1 Å². The highest BCUT2D eigenvalue weighted by Crippen LogP contribution is 2.37. The molecule has 0 bridgehead atoms. The van der Waals surface area contributed by atoms with Crippen LogP contribution in [0.25, 0.3) is 33.5 Å². The third-order valence-corrected chi connectivity index (χ3v) is 10.9. The van der Waals surface area contributed by atoms with E-state index < -0.39 is 49.2 Å². The number of methoxy groups -OCH3 is 4. The van der Waals surface area contributed by atoms with Crippen LogP contribution in [0, 0.1) is 0 Å². The van der Waals surface area contributed by atoms with Gasteiger partial charge in [0.1, 0.15) is 104 Å². The van der Waals surface area contributed by atoms with E-state index >= 15 is 0 Å². The number of nitrogen functional groups attached to an aromatic ring is 3. The predicted molar refractivity (Wildman–Crippen MR) is 237 cm³/mol. The number of fused-ring (bicyclic) bond motifs is 3. The number of aliphatic hydroxyl groups is 3. The summed E-state index contributed by atoms with van der Waals surface area (Å²) < 4.78 is 53.8. The summed E-state index contributed by atoms with van der Waals surface area (Å²) in [5.74, 6) is 0.846. The van der Waals surface area contributed by atoms with Gasteiger partial charge in [0, 0.05) is 28.4 Å². The molecule has 0 amide bonds. The number of imidazole rings is 3. The van der Waals surface area contributed by atoms with Crippen LogP contribution >= 0.6 is 25.8 Å². The fraction of sp³-hybridized carbons (Fsp3) is 0.528. The van der Waals surface area contributed by atoms with Crippen LogP contribution in [-0.2, 0) is 51.1 Å². The van der Waals surface area contributed by atoms with Crippen LogP contribution in [0.3, 0.4) is 0 Å². The minimum Gasteiger partial charge on any atom is -0.394 e. The molecule has 0 radical (unpaired) electrons. The average molecular weight is 982 g/mol. The number of anilines is 3. The molecule has 31 heteroatoms. The van der Waals surface area contributed by atoms with Crippen molar-refractivity contribution in [3.8, 4) is 0 Å². The topological polar surface area (TPSA) is 387 Å². The number of thiol groups is 2. The molecular weight excluding hydrogens is 931 g/mol. The number of nitrogens with two attached hydrogens (primary N) is 3. The van der Waals surface area contributed by atoms with Gasteiger partial charge < -0.3 is 83.6 Å². The van der Waals surface area contributed by atoms with E-state index in [1.54, 1.807) is 50.2 Å². The highest BCUT2D eigenvalue weighted by molar-refractivity contribution is 7.75. The number of carbonyl (C=O) groups excluding carboxylic acids is 2. The molecule has 0 aromatic carbocycles. The molecule has 0 aliphatic carbocycles. The first-order chi connectivity index (χ1) is 32.5. The number of aliphatic hydroxyl groups excluding tert-OH is 3. The van der Waals surface area contributed by atoms with Crippen LogP contribution in [0.2, 0.25) is 0 Å². The SMILES string of the molecule is C=O.C=O.COC1C(CO)OC(n2cnc3c(N)ncnc32)C1OC.COC1C(COS)OC(n2cnc3c(N)ncnc32)C1OC.Nc1ncnc2c1ncn2C1OC(COS)C(O)C1O. The van der Waals surface area contributed by atoms with Crippen molar-refractivity contribution in [2.24, 2.45) is 0 Å². The lowest BCUT2D eigenvalue weighted by molar-refractivity contribution is -0.0987. The molecule has 3 aliphatic heterocycles. The van der Waals surface area contributed by atoms with Crippen LogP contribution in [-0.4, -0.2) is 191 Å². The van der Waals surface area contributed by atoms with Gasteiger partial charge in [-0.05, 0) is 25.8 Å². The van der Waals surface area contributed by atoms with E-state index in [1.165, 1.54) is 29.9 Å². The molecule has 12 unspecified atom stereocenters. The Labute approximate surface area is 391 Å². The Balaban J connectivity index is 0.000000181. The second kappa shape index (κ2) is 24.6. The van der Waals surface area contributed by atoms with Gasteiger partial charge >= 0.3 is 0 Å². The molecule has 9 N–H and O–H groups in total. The monoisotopic (exact) mass is 981 g/mol. The highest BCUT2D eigenvalue weighted by Gasteiger charge is 2.48. The molecule has 0 spiro atoms. The predicted octanol–water partition coefficient (Wildman–Crippen LogP) is -1.96. The smallest absolute Gasteiger partial charge is 0.167 e. The van der Waals surface area contributed by atoms with Crippen LogP contribution < -0.4 is 17.2 Å². The van der Waals surface area contributed by atoms with Gasteiger partial charge in [0.25, 0.3) is 0 Å². The van der Waals surface area contributed by atoms with E-state index in [0.717, 1.165) is 0 Å². The maximum absolute atomic E-state index is 10.1. The Morgan fingerprint density at radius 1 is 0.537 bits per heavy atom. The summed E-state index contributed by atoms with van der Waals surface area (Å²) in [5, 5.41) is 29.4. The van der Waals surface area contributed by atoms with Crippen LogP contribution in [0.15, 0.2) is 38.0 Å². The Hall–Kier alpha value is -5.39. The van der Waals surface area contributed by atoms with Gasteiger partial charge in [0.2, 0.25) is 0 Å². The third kappa shape index (κ3) is 10.7. The molecule has 29 nitrogen and oxygen atoms in total. The summed E-state index contributed by atoms with van der Waals surface area (Å²) in [7, 11) is 6.31. The number of ether oxygens (including phenoxy) is 7. The van der Waals surface area contributed by atoms with E-state index in [-0.39, 0.29) is 50.1 Å². The molecule has 6 aromatic rings. The number of rotatable bonds is 12. The fourth-order valence-electron chi connectivity index (χ4n) is 7.63. The largest absolute Gasteiger partial charge is 0.394 e. The quantitative estimate of drug-likeness (QED) is 0.0488. The van der Waals surface area contributed by atoms with Gasteiger partial charge in [0.05, 0.1) is 38.8 Å². The third-order valence-electron chi connectivity index (χ3n) is 10.6. The maximum Gasteiger partial charge on any atom is 0.167 e. The molecular formula is C36H51N15O14S2. The lowest BCUT2D eigenvalue weighted by Gasteiger charge is -2.21. The Morgan fingerprint density at radius 3 is 1.25 bits per heavy atom. The molecule has 9 rings (SSSR count). The normalized spacial score (nSPS) is 27.7. The van der Waals surface area contributed by atoms with Crippen molar-refractivity contribution in [1.29, 1.82) is 0 Å². The molecule has 9 heterocycles. The van der Waals surface area contributed by atoms with Crippen molar-refractivity contribution in [1.82, 2.24) is 58.6 Å². The number of nitrogens with zero attached hydrogens (tertiary/aromatic N) is 12. The van der Waals surface area contributed by atoms with Crippen molar-refractivity contribution in [2.75, 3.05) is 65.5 Å². The second-order valence-electron chi connectivity index (χ2n) is 14.0. The number of carbonyl (C=O) groups is 2. The summed E-state index contributed by atoms with van der Waals surface area (Å²) in [4.78, 5) is 52.7. The summed E-state index contributed by atoms with van der Waals surface area (Å²) >= 11 is 7.39. The minimum atomic E-state index is -1.14. The second-order valence-corrected chi connectivity index (χ2v) is 14.5. The molecule has 6 aromatic heterocycles. The first-order valence-electron chi connectivity index (χ1n) is 19.5. The molecule has 3 saturated heterocycles. The first-order valence-corrected chi connectivity index (χ1v) is 20.2. The zero-order valence-corrected chi connectivity index (χ0v) is 38.0. The van der Waals surface area contributed by atoms with Crippen molar-refractivity contribution < 1.29 is 66.4 Å². The van der Waals surface area contributed by atoms with Crippen molar-refractivity contribution >= 4 is 90.3 Å². The van der Waals surface area contributed by atoms with Crippen molar-refractivity contribution in [2.45, 2.75) is 73.6 Å². The Morgan fingerprint density at radius 2 is 0.881 bits per heavy atom. The lowest BCUT2D eigenvalue weighted by atomic mass is 10.1. The van der Waals surface area contributed by atoms with Crippen molar-refractivity contribution in [3.05, 3.63) is 38.0 Å². The Bertz CT molecular complexity index is 2470. The fourth-order valence-corrected chi connectivity index (χ4v) is 7.92. The zero-order chi connectivity index (χ0) is 48.9. The van der Waals surface area contributed by atoms with Gasteiger partial charge in [-0.1, -0.05) is 0 Å². The van der Waals surface area contributed by atoms with Gasteiger partial charge in [-0.25, -0.2) is 44.9 Å². The summed E-state index contributed by atoms with van der Waals surface area (Å²) in [6, 6.07) is 0. The molecule has 3 fully saturated rings. The van der Waals surface area contributed by atoms with E-state index in [2.05, 4.69) is 74.9 Å². The van der Waals surface area contributed by atoms with E-state index in [9.17, 15) is 15.3 Å². The minimum absolute atomic E-state index is 0.0432. The van der Waals surface area contributed by atoms with E-state index in [0.29, 0.717) is 45.1 Å². The van der Waals surface area contributed by atoms with E-state index in [4.69, 9.17) is 64.1 Å². The van der Waals surface area contributed by atoms with Gasteiger partial charge in [-0.15, -0.1) is 0 Å². The first kappa shape index (κ1) is 52.6. The zero-order valence-electron chi connectivity index (χ0n) is 36.3. The molecule has 0 saturated carbocycles. The summed E-state index contributed by atoms with van der Waals surface area (Å²) in [6.45, 7) is 4.14. The van der Waals surface area contributed by atoms with Gasteiger partial charge in [-0.2, -0.15) is 0 Å². The standard InChI is InChI=1S/C12H17N5O4S.C12H17N5O4.C10H13N5O4S.2CH2O/c1-18-8-6(3-20-22)21-12(9(8)19-2)17-5-16-7-10(13)14-4-15-11(7)17;1-19-8-6(3-18)21-12(9(8)20-2)17-5-16-7-10(13)14-4-15-11(7)17;11-8-5-9(13-2-12-8)15(3-14-5)10-7(17)6(16)4(19-10)1-18-20;2*1-2/h4-6,8-9,12,22H,3H2,1-2H3,(H2,13,14,15);4-6,8-9,12,18H,3H2,1-2H3,(H2,13,14,15);2-4,6-7,10,16-17,20H,1H2,(H2,11,12,13);2*1H2. The van der Waals surface area contributed by atoms with Crippen LogP contribution in [0.1, 0.15) is 18.7 Å². The molecule has 67 heavy (non-hydrogen) atoms. The molecule has 366 valence electrons. The molecule has 12 atom stereocenters. The van der Waals surface area contributed by atoms with Crippen LogP contribution in [0.5, 0.6) is 0 Å². The van der Waals surface area contributed by atoms with Crippen LogP contribution in [0.4, 0.5) is 17.5 Å². The highest BCUT2D eigenvalue weighted by atomic mass is 32.1. The summed E-state index contributed by atoms with van der Waals surface area (Å²) in [6.07, 6.45) is 1.63. The summed E-state index contributed by atoms with van der Waals surface area (Å²) in [5.41, 5.74) is 20.2. The average Bonchev–Trinajstić information content (AvgIpc) is 4.22. The number of aromatic nitrogens is 12. The van der Waals surface area contributed by atoms with E-state index in [1.807, 2.05) is 13.6 Å². The maximum atomic E-state index is 10.1.